The van der Waals surface area contributed by atoms with Gasteiger partial charge in [0.1, 0.15) is 4.90 Å². The molecule has 1 aliphatic heterocycles. The van der Waals surface area contributed by atoms with E-state index >= 15 is 0 Å². The Morgan fingerprint density at radius 1 is 1.28 bits per heavy atom. The molecule has 0 saturated carbocycles. The molecule has 2 aromatic carbocycles. The summed E-state index contributed by atoms with van der Waals surface area (Å²) >= 11 is 0. The summed E-state index contributed by atoms with van der Waals surface area (Å²) in [6.45, 7) is 2.25. The average molecular weight is 361 g/mol. The molecule has 3 rings (SSSR count). The molecule has 0 N–H and O–H groups in total. The smallest absolute Gasteiger partial charge is 0.285 e. The summed E-state index contributed by atoms with van der Waals surface area (Å²) in [4.78, 5) is 0.169. The third-order valence-corrected chi connectivity index (χ3v) is 5.00. The molecule has 0 aromatic heterocycles. The van der Waals surface area contributed by atoms with Gasteiger partial charge in [-0.3, -0.25) is 0 Å². The first kappa shape index (κ1) is 17.1. The van der Waals surface area contributed by atoms with Crippen LogP contribution in [0, 0.1) is 5.82 Å². The zero-order chi connectivity index (χ0) is 18.0. The van der Waals surface area contributed by atoms with Crippen LogP contribution in [0.2, 0.25) is 0 Å². The molecule has 0 spiro atoms. The molecule has 0 aliphatic carbocycles. The van der Waals surface area contributed by atoms with Crippen molar-refractivity contribution in [3.05, 3.63) is 59.4 Å². The Kier molecular flexibility index (Phi) is 4.54. The van der Waals surface area contributed by atoms with Crippen molar-refractivity contribution in [2.75, 3.05) is 13.7 Å². The molecule has 130 valence electrons. The Labute approximate surface area is 145 Å². The molecule has 0 unspecified atom stereocenters. The van der Waals surface area contributed by atoms with E-state index in [-0.39, 0.29) is 16.5 Å². The van der Waals surface area contributed by atoms with Gasteiger partial charge in [0.25, 0.3) is 10.0 Å². The van der Waals surface area contributed by atoms with Crippen molar-refractivity contribution in [3.8, 4) is 5.75 Å². The molecule has 0 atom stereocenters. The number of nitrogens with zero attached hydrogens (tertiary/aromatic N) is 3. The van der Waals surface area contributed by atoms with Crippen molar-refractivity contribution in [3.63, 3.8) is 0 Å². The lowest BCUT2D eigenvalue weighted by atomic mass is 10.2. The number of ether oxygens (including phenoxy) is 1. The molecule has 6 nitrogen and oxygen atoms in total. The maximum absolute atomic E-state index is 13.5. The summed E-state index contributed by atoms with van der Waals surface area (Å²) in [6, 6.07) is 11.0. The number of methoxy groups -OCH3 is 1. The standard InChI is InChI=1S/C17H16FN3O3S/c1-3-21(19-11-12-8-9-14(18)15(10-12)24-2)17-13-6-4-5-7-16(13)25(22,23)20-17/h4-11H,3H2,1-2H3/b19-11+. The van der Waals surface area contributed by atoms with Gasteiger partial charge in [-0.2, -0.15) is 13.5 Å². The van der Waals surface area contributed by atoms with E-state index in [0.29, 0.717) is 17.7 Å². The maximum Gasteiger partial charge on any atom is 0.285 e. The quantitative estimate of drug-likeness (QED) is 0.620. The Bertz CT molecular complexity index is 971. The topological polar surface area (TPSA) is 71.3 Å². The summed E-state index contributed by atoms with van der Waals surface area (Å²) in [7, 11) is -2.32. The fourth-order valence-corrected chi connectivity index (χ4v) is 3.66. The highest BCUT2D eigenvalue weighted by molar-refractivity contribution is 7.90. The van der Waals surface area contributed by atoms with Crippen LogP contribution < -0.4 is 4.74 Å². The first-order chi connectivity index (χ1) is 12.0. The van der Waals surface area contributed by atoms with E-state index in [1.54, 1.807) is 24.3 Å². The first-order valence-electron chi connectivity index (χ1n) is 7.55. The van der Waals surface area contributed by atoms with Crippen LogP contribution in [0.4, 0.5) is 4.39 Å². The fourth-order valence-electron chi connectivity index (χ4n) is 2.45. The van der Waals surface area contributed by atoms with Crippen LogP contribution in [0.15, 0.2) is 56.9 Å². The number of hydrogen-bond acceptors (Lipinski definition) is 5. The number of hydrogen-bond donors (Lipinski definition) is 0. The van der Waals surface area contributed by atoms with Crippen molar-refractivity contribution in [2.24, 2.45) is 9.50 Å². The minimum absolute atomic E-state index is 0.109. The van der Waals surface area contributed by atoms with Crippen LogP contribution in [0.3, 0.4) is 0 Å². The van der Waals surface area contributed by atoms with Crippen molar-refractivity contribution >= 4 is 22.1 Å². The minimum Gasteiger partial charge on any atom is -0.494 e. The Morgan fingerprint density at radius 2 is 2.04 bits per heavy atom. The molecule has 25 heavy (non-hydrogen) atoms. The number of amidine groups is 1. The van der Waals surface area contributed by atoms with Crippen LogP contribution in [0.25, 0.3) is 0 Å². The zero-order valence-corrected chi connectivity index (χ0v) is 14.5. The molecule has 0 radical (unpaired) electrons. The van der Waals surface area contributed by atoms with Crippen molar-refractivity contribution in [1.29, 1.82) is 0 Å². The van der Waals surface area contributed by atoms with E-state index in [1.807, 2.05) is 6.92 Å². The third-order valence-electron chi connectivity index (χ3n) is 3.68. The highest BCUT2D eigenvalue weighted by atomic mass is 32.2. The summed E-state index contributed by atoms with van der Waals surface area (Å²) in [5, 5.41) is 5.78. The summed E-state index contributed by atoms with van der Waals surface area (Å²) in [5.41, 5.74) is 1.13. The molecule has 0 fully saturated rings. The minimum atomic E-state index is -3.71. The molecular weight excluding hydrogens is 345 g/mol. The lowest BCUT2D eigenvalue weighted by molar-refractivity contribution is 0.386. The van der Waals surface area contributed by atoms with Gasteiger partial charge < -0.3 is 4.74 Å². The second-order valence-corrected chi connectivity index (χ2v) is 6.81. The number of benzene rings is 2. The summed E-state index contributed by atoms with van der Waals surface area (Å²) < 4.78 is 46.6. The molecule has 8 heteroatoms. The van der Waals surface area contributed by atoms with E-state index in [4.69, 9.17) is 4.74 Å². The molecule has 0 amide bonds. The second kappa shape index (κ2) is 6.64. The molecule has 0 bridgehead atoms. The fraction of sp³-hybridized carbons (Fsp3) is 0.176. The van der Waals surface area contributed by atoms with Crippen molar-refractivity contribution < 1.29 is 17.5 Å². The van der Waals surface area contributed by atoms with E-state index in [2.05, 4.69) is 9.50 Å². The molecule has 1 aliphatic rings. The average Bonchev–Trinajstić information content (AvgIpc) is 2.88. The zero-order valence-electron chi connectivity index (χ0n) is 13.7. The van der Waals surface area contributed by atoms with Gasteiger partial charge in [0.2, 0.25) is 0 Å². The van der Waals surface area contributed by atoms with Gasteiger partial charge >= 0.3 is 0 Å². The Morgan fingerprint density at radius 3 is 2.76 bits per heavy atom. The first-order valence-corrected chi connectivity index (χ1v) is 8.99. The predicted octanol–water partition coefficient (Wildman–Crippen LogP) is 2.64. The van der Waals surface area contributed by atoms with Gasteiger partial charge in [0.05, 0.1) is 13.3 Å². The van der Waals surface area contributed by atoms with Crippen LogP contribution in [0.1, 0.15) is 18.1 Å². The maximum atomic E-state index is 13.5. The SMILES string of the molecule is CCN(/N=C/c1ccc(F)c(OC)c1)C1=NS(=O)(=O)c2ccccc21. The highest BCUT2D eigenvalue weighted by Crippen LogP contribution is 2.27. The van der Waals surface area contributed by atoms with Crippen LogP contribution in [-0.4, -0.2) is 39.1 Å². The summed E-state index contributed by atoms with van der Waals surface area (Å²) in [5.74, 6) is -0.0891. The normalized spacial score (nSPS) is 15.1. The van der Waals surface area contributed by atoms with E-state index in [0.717, 1.165) is 0 Å². The van der Waals surface area contributed by atoms with Gasteiger partial charge in [-0.05, 0) is 36.8 Å². The summed E-state index contributed by atoms with van der Waals surface area (Å²) in [6.07, 6.45) is 1.50. The second-order valence-electron chi connectivity index (χ2n) is 5.24. The molecule has 1 heterocycles. The lowest BCUT2D eigenvalue weighted by Gasteiger charge is -2.16. The Hall–Kier alpha value is -2.74. The molecule has 0 saturated heterocycles. The van der Waals surface area contributed by atoms with E-state index in [1.165, 1.54) is 36.5 Å². The van der Waals surface area contributed by atoms with Crippen LogP contribution in [-0.2, 0) is 10.0 Å². The van der Waals surface area contributed by atoms with Crippen LogP contribution in [0.5, 0.6) is 5.75 Å². The van der Waals surface area contributed by atoms with Crippen LogP contribution >= 0.6 is 0 Å². The Balaban J connectivity index is 1.94. The van der Waals surface area contributed by atoms with E-state index < -0.39 is 15.8 Å². The number of fused-ring (bicyclic) bond motifs is 1. The number of sulfonamides is 1. The van der Waals surface area contributed by atoms with Gasteiger partial charge in [-0.1, -0.05) is 18.2 Å². The third kappa shape index (κ3) is 3.25. The van der Waals surface area contributed by atoms with Gasteiger partial charge in [-0.15, -0.1) is 4.40 Å². The molecule has 2 aromatic rings. The monoisotopic (exact) mass is 361 g/mol. The highest BCUT2D eigenvalue weighted by Gasteiger charge is 2.31. The van der Waals surface area contributed by atoms with E-state index in [9.17, 15) is 12.8 Å². The van der Waals surface area contributed by atoms with Gasteiger partial charge in [-0.25, -0.2) is 9.40 Å². The molecular formula is C17H16FN3O3S. The largest absolute Gasteiger partial charge is 0.494 e. The van der Waals surface area contributed by atoms with Crippen molar-refractivity contribution in [2.45, 2.75) is 11.8 Å². The number of hydrazone groups is 1. The van der Waals surface area contributed by atoms with Crippen molar-refractivity contribution in [1.82, 2.24) is 5.01 Å². The predicted molar refractivity (Wildman–Crippen MR) is 93.1 cm³/mol. The number of rotatable bonds is 4. The van der Waals surface area contributed by atoms with Gasteiger partial charge in [0.15, 0.2) is 17.4 Å². The number of halogens is 1. The lowest BCUT2D eigenvalue weighted by Crippen LogP contribution is -2.25. The van der Waals surface area contributed by atoms with Gasteiger partial charge in [0, 0.05) is 12.1 Å².